The van der Waals surface area contributed by atoms with Gasteiger partial charge in [0.1, 0.15) is 0 Å². The summed E-state index contributed by atoms with van der Waals surface area (Å²) in [5, 5.41) is 0. The normalized spacial score (nSPS) is 25.1. The minimum atomic E-state index is 0.578. The fourth-order valence-electron chi connectivity index (χ4n) is 2.52. The average Bonchev–Trinajstić information content (AvgIpc) is 2.29. The van der Waals surface area contributed by atoms with Gasteiger partial charge in [-0.25, -0.2) is 0 Å². The molecule has 15 heavy (non-hydrogen) atoms. The molecule has 0 spiro atoms. The van der Waals surface area contributed by atoms with Crippen LogP contribution >= 0.6 is 0 Å². The number of rotatable bonds is 2. The quantitative estimate of drug-likeness (QED) is 0.711. The lowest BCUT2D eigenvalue weighted by molar-refractivity contribution is 0.139. The molecule has 1 aliphatic rings. The maximum absolute atomic E-state index is 2.61. The van der Waals surface area contributed by atoms with Crippen molar-refractivity contribution in [2.75, 3.05) is 13.1 Å². The van der Waals surface area contributed by atoms with Gasteiger partial charge in [0.2, 0.25) is 0 Å². The van der Waals surface area contributed by atoms with Crippen molar-refractivity contribution in [3.8, 4) is 0 Å². The Morgan fingerprint density at radius 1 is 1.27 bits per heavy atom. The molecule has 0 amide bonds. The topological polar surface area (TPSA) is 3.24 Å². The zero-order chi connectivity index (χ0) is 10.7. The second-order valence-corrected chi connectivity index (χ2v) is 4.83. The Morgan fingerprint density at radius 3 is 2.67 bits per heavy atom. The summed E-state index contributed by atoms with van der Waals surface area (Å²) in [6.07, 6.45) is 2.76. The van der Waals surface area contributed by atoms with Gasteiger partial charge in [-0.3, -0.25) is 4.90 Å². The van der Waals surface area contributed by atoms with E-state index in [4.69, 9.17) is 0 Å². The van der Waals surface area contributed by atoms with Gasteiger partial charge in [0.05, 0.1) is 0 Å². The van der Waals surface area contributed by atoms with Crippen LogP contribution in [-0.4, -0.2) is 18.0 Å². The van der Waals surface area contributed by atoms with Crippen LogP contribution in [0.4, 0.5) is 0 Å². The first-order valence-corrected chi connectivity index (χ1v) is 6.06. The Balaban J connectivity index is 2.04. The molecule has 1 heterocycles. The highest BCUT2D eigenvalue weighted by Gasteiger charge is 2.21. The summed E-state index contributed by atoms with van der Waals surface area (Å²) in [7, 11) is 0. The maximum atomic E-state index is 2.61. The van der Waals surface area contributed by atoms with Crippen molar-refractivity contribution in [2.45, 2.75) is 32.7 Å². The zero-order valence-electron chi connectivity index (χ0n) is 9.82. The molecule has 0 N–H and O–H groups in total. The lowest BCUT2D eigenvalue weighted by atomic mass is 9.97. The molecule has 0 radical (unpaired) electrons. The molecule has 0 saturated carbocycles. The summed E-state index contributed by atoms with van der Waals surface area (Å²) >= 11 is 0. The van der Waals surface area contributed by atoms with Crippen molar-refractivity contribution in [3.63, 3.8) is 0 Å². The van der Waals surface area contributed by atoms with E-state index < -0.39 is 0 Å². The average molecular weight is 203 g/mol. The van der Waals surface area contributed by atoms with Gasteiger partial charge in [-0.1, -0.05) is 37.3 Å². The Kier molecular flexibility index (Phi) is 3.42. The Bertz CT molecular complexity index is 293. The lowest BCUT2D eigenvalue weighted by Crippen LogP contribution is -2.36. The molecule has 0 bridgehead atoms. The highest BCUT2D eigenvalue weighted by molar-refractivity contribution is 5.18. The van der Waals surface area contributed by atoms with Gasteiger partial charge < -0.3 is 0 Å². The van der Waals surface area contributed by atoms with Gasteiger partial charge in [0, 0.05) is 12.6 Å². The van der Waals surface area contributed by atoms with Crippen LogP contribution in [0.1, 0.15) is 38.3 Å². The van der Waals surface area contributed by atoms with E-state index in [1.165, 1.54) is 31.5 Å². The molecule has 1 saturated heterocycles. The van der Waals surface area contributed by atoms with Crippen molar-refractivity contribution in [2.24, 2.45) is 5.92 Å². The number of benzene rings is 1. The maximum Gasteiger partial charge on any atom is 0.0319 e. The molecule has 1 fully saturated rings. The third-order valence-corrected chi connectivity index (χ3v) is 3.52. The van der Waals surface area contributed by atoms with Gasteiger partial charge in [-0.2, -0.15) is 0 Å². The number of likely N-dealkylation sites (tertiary alicyclic amines) is 1. The molecule has 2 atom stereocenters. The van der Waals surface area contributed by atoms with E-state index in [2.05, 4.69) is 49.1 Å². The molecule has 1 aromatic carbocycles. The van der Waals surface area contributed by atoms with E-state index >= 15 is 0 Å². The molecule has 1 aliphatic heterocycles. The van der Waals surface area contributed by atoms with E-state index in [1.807, 2.05) is 0 Å². The van der Waals surface area contributed by atoms with E-state index in [-0.39, 0.29) is 0 Å². The van der Waals surface area contributed by atoms with Crippen molar-refractivity contribution >= 4 is 0 Å². The van der Waals surface area contributed by atoms with E-state index in [0.717, 1.165) is 5.92 Å². The summed E-state index contributed by atoms with van der Waals surface area (Å²) in [5.41, 5.74) is 1.45. The highest BCUT2D eigenvalue weighted by atomic mass is 15.2. The Morgan fingerprint density at radius 2 is 2.00 bits per heavy atom. The highest BCUT2D eigenvalue weighted by Crippen LogP contribution is 2.25. The van der Waals surface area contributed by atoms with Crippen LogP contribution in [0.15, 0.2) is 30.3 Å². The standard InChI is InChI=1S/C14H21N/c1-12-7-6-10-15(11-12)13(2)14-8-4-3-5-9-14/h3-5,8-9,12-13H,6-7,10-11H2,1-2H3. The first-order valence-electron chi connectivity index (χ1n) is 6.06. The number of nitrogens with zero attached hydrogens (tertiary/aromatic N) is 1. The van der Waals surface area contributed by atoms with Crippen LogP contribution in [0.3, 0.4) is 0 Å². The molecule has 82 valence electrons. The van der Waals surface area contributed by atoms with Gasteiger partial charge in [-0.05, 0) is 37.8 Å². The minimum absolute atomic E-state index is 0.578. The molecule has 0 aromatic heterocycles. The summed E-state index contributed by atoms with van der Waals surface area (Å²) in [5.74, 6) is 0.866. The number of hydrogen-bond donors (Lipinski definition) is 0. The second-order valence-electron chi connectivity index (χ2n) is 4.83. The summed E-state index contributed by atoms with van der Waals surface area (Å²) in [4.78, 5) is 2.61. The molecular formula is C14H21N. The number of piperidine rings is 1. The van der Waals surface area contributed by atoms with Crippen LogP contribution in [0, 0.1) is 5.92 Å². The Labute approximate surface area is 93.1 Å². The Hall–Kier alpha value is -0.820. The SMILES string of the molecule is CC1CCCN(C(C)c2ccccc2)C1. The first-order chi connectivity index (χ1) is 7.27. The summed E-state index contributed by atoms with van der Waals surface area (Å²) in [6.45, 7) is 7.22. The predicted molar refractivity (Wildman–Crippen MR) is 64.8 cm³/mol. The summed E-state index contributed by atoms with van der Waals surface area (Å²) < 4.78 is 0. The number of hydrogen-bond acceptors (Lipinski definition) is 1. The van der Waals surface area contributed by atoms with Gasteiger partial charge in [0.15, 0.2) is 0 Å². The van der Waals surface area contributed by atoms with E-state index in [9.17, 15) is 0 Å². The smallest absolute Gasteiger partial charge is 0.0319 e. The minimum Gasteiger partial charge on any atom is -0.296 e. The van der Waals surface area contributed by atoms with E-state index in [1.54, 1.807) is 0 Å². The van der Waals surface area contributed by atoms with Crippen molar-refractivity contribution in [3.05, 3.63) is 35.9 Å². The first kappa shape index (κ1) is 10.7. The van der Waals surface area contributed by atoms with Gasteiger partial charge in [-0.15, -0.1) is 0 Å². The third kappa shape index (κ3) is 2.60. The van der Waals surface area contributed by atoms with Crippen molar-refractivity contribution < 1.29 is 0 Å². The molecular weight excluding hydrogens is 182 g/mol. The molecule has 2 unspecified atom stereocenters. The second kappa shape index (κ2) is 4.80. The molecule has 1 nitrogen and oxygen atoms in total. The van der Waals surface area contributed by atoms with Crippen LogP contribution in [0.5, 0.6) is 0 Å². The molecule has 2 rings (SSSR count). The predicted octanol–water partition coefficient (Wildman–Crippen LogP) is 3.48. The molecule has 1 heteroatoms. The van der Waals surface area contributed by atoms with Crippen LogP contribution in [0.25, 0.3) is 0 Å². The van der Waals surface area contributed by atoms with Crippen LogP contribution in [0.2, 0.25) is 0 Å². The fraction of sp³-hybridized carbons (Fsp3) is 0.571. The van der Waals surface area contributed by atoms with Crippen molar-refractivity contribution in [1.29, 1.82) is 0 Å². The monoisotopic (exact) mass is 203 g/mol. The summed E-state index contributed by atoms with van der Waals surface area (Å²) in [6, 6.07) is 11.4. The fourth-order valence-corrected chi connectivity index (χ4v) is 2.52. The van der Waals surface area contributed by atoms with E-state index in [0.29, 0.717) is 6.04 Å². The van der Waals surface area contributed by atoms with Gasteiger partial charge >= 0.3 is 0 Å². The zero-order valence-corrected chi connectivity index (χ0v) is 9.82. The van der Waals surface area contributed by atoms with Crippen LogP contribution in [-0.2, 0) is 0 Å². The van der Waals surface area contributed by atoms with Crippen LogP contribution < -0.4 is 0 Å². The molecule has 0 aliphatic carbocycles. The largest absolute Gasteiger partial charge is 0.296 e. The van der Waals surface area contributed by atoms with Crippen molar-refractivity contribution in [1.82, 2.24) is 4.90 Å². The lowest BCUT2D eigenvalue weighted by Gasteiger charge is -2.35. The third-order valence-electron chi connectivity index (χ3n) is 3.52. The van der Waals surface area contributed by atoms with Gasteiger partial charge in [0.25, 0.3) is 0 Å². The molecule has 1 aromatic rings.